The van der Waals surface area contributed by atoms with Crippen LogP contribution in [0.1, 0.15) is 92.2 Å². The summed E-state index contributed by atoms with van der Waals surface area (Å²) in [4.78, 5) is 24.7. The molecule has 0 spiro atoms. The molecule has 3 aliphatic rings. The Balaban J connectivity index is 1.19. The van der Waals surface area contributed by atoms with E-state index in [9.17, 15) is 4.79 Å². The third kappa shape index (κ3) is 6.60. The minimum Gasteiger partial charge on any atom is -0.496 e. The van der Waals surface area contributed by atoms with Crippen molar-refractivity contribution in [3.05, 3.63) is 64.8 Å². The van der Waals surface area contributed by atoms with Crippen molar-refractivity contribution in [1.29, 1.82) is 0 Å². The van der Waals surface area contributed by atoms with E-state index >= 15 is 0 Å². The highest BCUT2D eigenvalue weighted by Crippen LogP contribution is 2.44. The van der Waals surface area contributed by atoms with Crippen LogP contribution in [0.4, 0.5) is 5.69 Å². The monoisotopic (exact) mass is 585 g/mol. The van der Waals surface area contributed by atoms with Crippen LogP contribution in [0.25, 0.3) is 10.4 Å². The minimum absolute atomic E-state index is 0.119. The summed E-state index contributed by atoms with van der Waals surface area (Å²) in [5, 5.41) is 1.27. The molecule has 0 aliphatic heterocycles. The van der Waals surface area contributed by atoms with Gasteiger partial charge in [-0.25, -0.2) is 4.98 Å². The molecule has 42 heavy (non-hydrogen) atoms. The molecule has 5 nitrogen and oxygen atoms in total. The molecule has 0 unspecified atom stereocenters. The maximum Gasteiger partial charge on any atom is 0.230 e. The number of carbonyl (C=O) groups excluding carboxylic acids is 1. The van der Waals surface area contributed by atoms with Crippen molar-refractivity contribution in [2.75, 3.05) is 32.6 Å². The normalized spacial score (nSPS) is 24.5. The maximum absolute atomic E-state index is 14.3. The molecule has 6 rings (SSSR count). The molecule has 3 saturated carbocycles. The summed E-state index contributed by atoms with van der Waals surface area (Å²) in [5.41, 5.74) is 4.88. The Morgan fingerprint density at radius 2 is 1.67 bits per heavy atom. The molecular weight excluding hydrogens is 538 g/mol. The molecule has 3 aliphatic carbocycles. The van der Waals surface area contributed by atoms with Crippen LogP contribution in [0.5, 0.6) is 5.75 Å². The molecule has 3 fully saturated rings. The summed E-state index contributed by atoms with van der Waals surface area (Å²) < 4.78 is 5.49. The van der Waals surface area contributed by atoms with Gasteiger partial charge >= 0.3 is 0 Å². The fourth-order valence-corrected chi connectivity index (χ4v) is 8.32. The number of thiazole rings is 1. The Kier molecular flexibility index (Phi) is 9.01. The van der Waals surface area contributed by atoms with E-state index < -0.39 is 0 Å². The van der Waals surface area contributed by atoms with Gasteiger partial charge in [0.2, 0.25) is 5.91 Å². The second-order valence-electron chi connectivity index (χ2n) is 13.3. The number of amides is 1. The first kappa shape index (κ1) is 29.4. The topological polar surface area (TPSA) is 45.7 Å². The average Bonchev–Trinajstić information content (AvgIpc) is 3.75. The molecule has 224 valence electrons. The number of hydrogen-bond acceptors (Lipinski definition) is 5. The first-order valence-corrected chi connectivity index (χ1v) is 16.9. The standard InChI is InChI=1S/C36H47N3O2S/c1-24-20-29(16-19-33(24)41-4)26-10-8-25(9-11-26)23-39(36(40)28-14-17-31(18-15-28)38(2)3)32-7-5-6-30(21-32)34-22-37-35(42-34)27-12-13-27/h5-7,16,19-22,25-28,31H,8-15,17-18,23H2,1-4H3. The lowest BCUT2D eigenvalue weighted by Gasteiger charge is -2.37. The number of ether oxygens (including phenoxy) is 1. The van der Waals surface area contributed by atoms with E-state index in [1.54, 1.807) is 7.11 Å². The summed E-state index contributed by atoms with van der Waals surface area (Å²) >= 11 is 1.83. The lowest BCUT2D eigenvalue weighted by molar-refractivity contribution is -0.123. The highest BCUT2D eigenvalue weighted by atomic mass is 32.1. The maximum atomic E-state index is 14.3. The molecule has 2 aromatic carbocycles. The van der Waals surface area contributed by atoms with Gasteiger partial charge in [-0.15, -0.1) is 11.3 Å². The number of aromatic nitrogens is 1. The molecule has 0 N–H and O–H groups in total. The van der Waals surface area contributed by atoms with E-state index in [0.29, 0.717) is 29.7 Å². The summed E-state index contributed by atoms with van der Waals surface area (Å²) in [6.45, 7) is 2.96. The predicted molar refractivity (Wildman–Crippen MR) is 174 cm³/mol. The number of hydrogen-bond donors (Lipinski definition) is 0. The lowest BCUT2D eigenvalue weighted by atomic mass is 9.78. The fourth-order valence-electron chi connectivity index (χ4n) is 7.24. The SMILES string of the molecule is COc1ccc(C2CCC(CN(C(=O)C3CCC(N(C)C)CC3)c3cccc(-c4cnc(C5CC5)s4)c3)CC2)cc1C. The Morgan fingerprint density at radius 3 is 2.33 bits per heavy atom. The van der Waals surface area contributed by atoms with Crippen molar-refractivity contribution in [1.82, 2.24) is 9.88 Å². The third-order valence-electron chi connectivity index (χ3n) is 10.1. The van der Waals surface area contributed by atoms with E-state index in [-0.39, 0.29) is 5.92 Å². The zero-order valence-electron chi connectivity index (χ0n) is 25.9. The molecule has 0 bridgehead atoms. The molecule has 0 radical (unpaired) electrons. The average molecular weight is 586 g/mol. The third-order valence-corrected chi connectivity index (χ3v) is 11.3. The Morgan fingerprint density at radius 1 is 0.929 bits per heavy atom. The summed E-state index contributed by atoms with van der Waals surface area (Å²) in [7, 11) is 6.08. The minimum atomic E-state index is 0.119. The van der Waals surface area contributed by atoms with Crippen LogP contribution >= 0.6 is 11.3 Å². The molecule has 0 atom stereocenters. The Hall–Kier alpha value is -2.70. The number of nitrogens with zero attached hydrogens (tertiary/aromatic N) is 3. The van der Waals surface area contributed by atoms with Crippen molar-refractivity contribution >= 4 is 22.9 Å². The summed E-state index contributed by atoms with van der Waals surface area (Å²) in [6.07, 6.45) is 13.4. The van der Waals surface area contributed by atoms with E-state index in [1.165, 1.54) is 52.3 Å². The van der Waals surface area contributed by atoms with E-state index in [1.807, 2.05) is 17.5 Å². The molecule has 6 heteroatoms. The van der Waals surface area contributed by atoms with Gasteiger partial charge in [0.05, 0.1) is 17.0 Å². The molecule has 1 amide bonds. The summed E-state index contributed by atoms with van der Waals surface area (Å²) in [5.74, 6) is 3.20. The van der Waals surface area contributed by atoms with Gasteiger partial charge in [0.25, 0.3) is 0 Å². The fraction of sp³-hybridized carbons (Fsp3) is 0.556. The molecule has 3 aromatic rings. The van der Waals surface area contributed by atoms with Crippen molar-refractivity contribution in [3.63, 3.8) is 0 Å². The van der Waals surface area contributed by atoms with Crippen LogP contribution < -0.4 is 9.64 Å². The zero-order chi connectivity index (χ0) is 29.2. The van der Waals surface area contributed by atoms with Gasteiger partial charge < -0.3 is 14.5 Å². The number of methoxy groups -OCH3 is 1. The Bertz CT molecular complexity index is 1360. The van der Waals surface area contributed by atoms with Crippen LogP contribution in [0.15, 0.2) is 48.7 Å². The molecular formula is C36H47N3O2S. The van der Waals surface area contributed by atoms with Gasteiger partial charge in [-0.3, -0.25) is 4.79 Å². The van der Waals surface area contributed by atoms with Crippen LogP contribution in [0.3, 0.4) is 0 Å². The lowest BCUT2D eigenvalue weighted by Crippen LogP contribution is -2.43. The number of benzene rings is 2. The first-order valence-electron chi connectivity index (χ1n) is 16.1. The van der Waals surface area contributed by atoms with Crippen molar-refractivity contribution in [3.8, 4) is 16.2 Å². The van der Waals surface area contributed by atoms with Crippen LogP contribution in [-0.4, -0.2) is 49.6 Å². The van der Waals surface area contributed by atoms with Gasteiger partial charge in [0.1, 0.15) is 5.75 Å². The quantitative estimate of drug-likeness (QED) is 0.253. The number of anilines is 1. The van der Waals surface area contributed by atoms with Crippen molar-refractivity contribution < 1.29 is 9.53 Å². The highest BCUT2D eigenvalue weighted by molar-refractivity contribution is 7.15. The highest BCUT2D eigenvalue weighted by Gasteiger charge is 2.33. The molecule has 1 aromatic heterocycles. The second-order valence-corrected chi connectivity index (χ2v) is 14.3. The van der Waals surface area contributed by atoms with Gasteiger partial charge in [-0.1, -0.05) is 24.3 Å². The molecule has 1 heterocycles. The number of carbonyl (C=O) groups is 1. The van der Waals surface area contributed by atoms with E-state index in [0.717, 1.165) is 56.5 Å². The van der Waals surface area contributed by atoms with Gasteiger partial charge in [-0.2, -0.15) is 0 Å². The van der Waals surface area contributed by atoms with Crippen LogP contribution in [-0.2, 0) is 4.79 Å². The second kappa shape index (κ2) is 12.9. The largest absolute Gasteiger partial charge is 0.496 e. The zero-order valence-corrected chi connectivity index (χ0v) is 26.7. The van der Waals surface area contributed by atoms with E-state index in [4.69, 9.17) is 9.72 Å². The van der Waals surface area contributed by atoms with E-state index in [2.05, 4.69) is 73.3 Å². The van der Waals surface area contributed by atoms with Gasteiger partial charge in [0.15, 0.2) is 0 Å². The summed E-state index contributed by atoms with van der Waals surface area (Å²) in [6, 6.07) is 16.0. The first-order chi connectivity index (χ1) is 20.4. The van der Waals surface area contributed by atoms with Gasteiger partial charge in [-0.05, 0) is 132 Å². The predicted octanol–water partition coefficient (Wildman–Crippen LogP) is 8.43. The van der Waals surface area contributed by atoms with Crippen LogP contribution in [0, 0.1) is 18.8 Å². The smallest absolute Gasteiger partial charge is 0.230 e. The van der Waals surface area contributed by atoms with Crippen molar-refractivity contribution in [2.45, 2.75) is 89.0 Å². The van der Waals surface area contributed by atoms with Crippen LogP contribution in [0.2, 0.25) is 0 Å². The van der Waals surface area contributed by atoms with Crippen molar-refractivity contribution in [2.24, 2.45) is 11.8 Å². The van der Waals surface area contributed by atoms with Gasteiger partial charge in [0, 0.05) is 36.3 Å². The number of aryl methyl sites for hydroxylation is 1. The Labute approximate surface area is 256 Å². The molecule has 0 saturated heterocycles. The number of rotatable bonds is 9.